The summed E-state index contributed by atoms with van der Waals surface area (Å²) in [6, 6.07) is 21.9. The summed E-state index contributed by atoms with van der Waals surface area (Å²) in [5.41, 5.74) is 11.8. The zero-order chi connectivity index (χ0) is 19.1. The number of allylic oxidation sites excluding steroid dienone is 1. The molecule has 0 saturated heterocycles. The number of rotatable bonds is 2. The van der Waals surface area contributed by atoms with Crippen LogP contribution in [0.5, 0.6) is 0 Å². The zero-order valence-corrected chi connectivity index (χ0v) is 16.3. The highest BCUT2D eigenvalue weighted by molar-refractivity contribution is 5.87. The van der Waals surface area contributed by atoms with Crippen LogP contribution in [0.25, 0.3) is 22.3 Å². The van der Waals surface area contributed by atoms with Gasteiger partial charge in [0.05, 0.1) is 0 Å². The van der Waals surface area contributed by atoms with Gasteiger partial charge in [-0.2, -0.15) is 0 Å². The fraction of sp³-hybridized carbons (Fsp3) is 0.259. The van der Waals surface area contributed by atoms with E-state index < -0.39 is 0 Å². The molecular weight excluding hydrogens is 340 g/mol. The Morgan fingerprint density at radius 1 is 0.929 bits per heavy atom. The van der Waals surface area contributed by atoms with E-state index in [4.69, 9.17) is 0 Å². The van der Waals surface area contributed by atoms with E-state index >= 15 is 0 Å². The van der Waals surface area contributed by atoms with Gasteiger partial charge in [0.25, 0.3) is 0 Å². The molecule has 1 unspecified atom stereocenters. The topological polar surface area (TPSA) is 17.1 Å². The van der Waals surface area contributed by atoms with Gasteiger partial charge in [-0.05, 0) is 83.2 Å². The van der Waals surface area contributed by atoms with E-state index in [-0.39, 0.29) is 5.92 Å². The summed E-state index contributed by atoms with van der Waals surface area (Å²) >= 11 is 0. The molecule has 0 aliphatic heterocycles. The van der Waals surface area contributed by atoms with Crippen LogP contribution in [0.4, 0.5) is 0 Å². The van der Waals surface area contributed by atoms with Crippen LogP contribution in [0.3, 0.4) is 0 Å². The summed E-state index contributed by atoms with van der Waals surface area (Å²) in [5, 5.41) is 0. The third-order valence-electron chi connectivity index (χ3n) is 6.59. The lowest BCUT2D eigenvalue weighted by atomic mass is 9.76. The molecule has 0 heterocycles. The van der Waals surface area contributed by atoms with Crippen molar-refractivity contribution in [1.29, 1.82) is 0 Å². The minimum absolute atomic E-state index is 0.215. The van der Waals surface area contributed by atoms with Crippen molar-refractivity contribution in [3.8, 4) is 22.3 Å². The molecule has 5 rings (SSSR count). The van der Waals surface area contributed by atoms with Crippen molar-refractivity contribution >= 4 is 5.94 Å². The second kappa shape index (κ2) is 6.93. The predicted molar refractivity (Wildman–Crippen MR) is 115 cm³/mol. The Kier molecular flexibility index (Phi) is 4.26. The third-order valence-corrected chi connectivity index (χ3v) is 6.59. The highest BCUT2D eigenvalue weighted by atomic mass is 16.1. The van der Waals surface area contributed by atoms with Gasteiger partial charge < -0.3 is 0 Å². The summed E-state index contributed by atoms with van der Waals surface area (Å²) in [6.45, 7) is 2.25. The minimum Gasteiger partial charge on any atom is -0.234 e. The SMILES string of the molecule is Cc1c(C2CCCCC2=C=O)cc2c(c1-c1ccccc1)Cc1ccccc1-2. The van der Waals surface area contributed by atoms with Gasteiger partial charge in [0, 0.05) is 11.5 Å². The highest BCUT2D eigenvalue weighted by Gasteiger charge is 2.29. The van der Waals surface area contributed by atoms with Crippen LogP contribution < -0.4 is 0 Å². The number of fused-ring (bicyclic) bond motifs is 3. The van der Waals surface area contributed by atoms with E-state index in [1.54, 1.807) is 0 Å². The van der Waals surface area contributed by atoms with Crippen LogP contribution in [-0.2, 0) is 11.2 Å². The van der Waals surface area contributed by atoms with Crippen LogP contribution >= 0.6 is 0 Å². The Bertz CT molecular complexity index is 1100. The van der Waals surface area contributed by atoms with E-state index in [2.05, 4.69) is 73.5 Å². The van der Waals surface area contributed by atoms with Crippen molar-refractivity contribution in [2.24, 2.45) is 0 Å². The number of hydrogen-bond acceptors (Lipinski definition) is 1. The molecule has 0 bridgehead atoms. The Morgan fingerprint density at radius 3 is 2.54 bits per heavy atom. The maximum Gasteiger partial charge on any atom is 0.124 e. The maximum atomic E-state index is 11.7. The van der Waals surface area contributed by atoms with Gasteiger partial charge in [0.2, 0.25) is 0 Å². The second-order valence-corrected chi connectivity index (χ2v) is 8.12. The van der Waals surface area contributed by atoms with Gasteiger partial charge in [0.1, 0.15) is 5.94 Å². The third kappa shape index (κ3) is 2.66. The predicted octanol–water partition coefficient (Wildman–Crippen LogP) is 6.65. The first kappa shape index (κ1) is 17.2. The van der Waals surface area contributed by atoms with Crippen LogP contribution in [0, 0.1) is 6.92 Å². The van der Waals surface area contributed by atoms with E-state index in [9.17, 15) is 4.79 Å². The molecule has 1 heteroatoms. The van der Waals surface area contributed by atoms with Gasteiger partial charge in [-0.3, -0.25) is 0 Å². The fourth-order valence-electron chi connectivity index (χ4n) is 5.24. The van der Waals surface area contributed by atoms with Crippen LogP contribution in [0.2, 0.25) is 0 Å². The van der Waals surface area contributed by atoms with Gasteiger partial charge in [-0.1, -0.05) is 61.0 Å². The molecule has 1 saturated carbocycles. The highest BCUT2D eigenvalue weighted by Crippen LogP contribution is 2.48. The molecule has 0 aromatic heterocycles. The van der Waals surface area contributed by atoms with Gasteiger partial charge in [-0.25, -0.2) is 4.79 Å². The molecule has 0 amide bonds. The summed E-state index contributed by atoms with van der Waals surface area (Å²) in [7, 11) is 0. The average Bonchev–Trinajstić information content (AvgIpc) is 3.12. The maximum absolute atomic E-state index is 11.7. The Morgan fingerprint density at radius 2 is 1.71 bits per heavy atom. The standard InChI is InChI=1S/C27H24O/c1-18-24(23-14-8-6-12-21(23)17-28)16-25-22-13-7-5-11-20(22)15-26(25)27(18)19-9-3-2-4-10-19/h2-5,7,9-11,13,16,23H,6,8,12,14-15H2,1H3. The van der Waals surface area contributed by atoms with Crippen molar-refractivity contribution in [1.82, 2.24) is 0 Å². The zero-order valence-electron chi connectivity index (χ0n) is 16.3. The molecule has 0 radical (unpaired) electrons. The number of carbonyl (C=O) groups excluding carboxylic acids is 1. The monoisotopic (exact) mass is 364 g/mol. The van der Waals surface area contributed by atoms with Crippen LogP contribution in [0.1, 0.15) is 53.9 Å². The summed E-state index contributed by atoms with van der Waals surface area (Å²) < 4.78 is 0. The number of benzene rings is 3. The van der Waals surface area contributed by atoms with E-state index in [1.807, 2.05) is 0 Å². The van der Waals surface area contributed by atoms with Crippen molar-refractivity contribution in [2.45, 2.75) is 44.9 Å². The van der Waals surface area contributed by atoms with Crippen LogP contribution in [0.15, 0.2) is 66.2 Å². The fourth-order valence-corrected chi connectivity index (χ4v) is 5.24. The molecule has 3 aromatic carbocycles. The molecule has 1 nitrogen and oxygen atoms in total. The molecule has 28 heavy (non-hydrogen) atoms. The smallest absolute Gasteiger partial charge is 0.124 e. The Balaban J connectivity index is 1.79. The van der Waals surface area contributed by atoms with Crippen molar-refractivity contribution in [2.75, 3.05) is 0 Å². The van der Waals surface area contributed by atoms with E-state index in [1.165, 1.54) is 50.9 Å². The molecule has 2 aliphatic carbocycles. The molecule has 1 atom stereocenters. The van der Waals surface area contributed by atoms with Gasteiger partial charge in [0.15, 0.2) is 0 Å². The average molecular weight is 364 g/mol. The van der Waals surface area contributed by atoms with E-state index in [0.29, 0.717) is 0 Å². The van der Waals surface area contributed by atoms with E-state index in [0.717, 1.165) is 31.3 Å². The normalized spacial score (nSPS) is 17.8. The summed E-state index contributed by atoms with van der Waals surface area (Å²) in [5.74, 6) is 2.51. The van der Waals surface area contributed by atoms with Crippen molar-refractivity contribution in [3.05, 3.63) is 88.5 Å². The Hall–Kier alpha value is -2.89. The quantitative estimate of drug-likeness (QED) is 0.364. The van der Waals surface area contributed by atoms with Crippen LogP contribution in [-0.4, -0.2) is 5.94 Å². The lowest BCUT2D eigenvalue weighted by Gasteiger charge is -2.27. The molecule has 0 N–H and O–H groups in total. The van der Waals surface area contributed by atoms with Gasteiger partial charge in [-0.15, -0.1) is 0 Å². The molecule has 138 valence electrons. The largest absolute Gasteiger partial charge is 0.234 e. The van der Waals surface area contributed by atoms with Crippen molar-refractivity contribution in [3.63, 3.8) is 0 Å². The van der Waals surface area contributed by atoms with Crippen molar-refractivity contribution < 1.29 is 4.79 Å². The first-order valence-corrected chi connectivity index (χ1v) is 10.3. The second-order valence-electron chi connectivity index (χ2n) is 8.12. The lowest BCUT2D eigenvalue weighted by molar-refractivity contribution is 0.525. The summed E-state index contributed by atoms with van der Waals surface area (Å²) in [4.78, 5) is 11.7. The summed E-state index contributed by atoms with van der Waals surface area (Å²) in [6.07, 6.45) is 5.23. The lowest BCUT2D eigenvalue weighted by Crippen LogP contribution is -2.12. The molecule has 0 spiro atoms. The first-order valence-electron chi connectivity index (χ1n) is 10.3. The van der Waals surface area contributed by atoms with Gasteiger partial charge >= 0.3 is 0 Å². The molecule has 3 aromatic rings. The molecular formula is C27H24O. The molecule has 1 fully saturated rings. The first-order chi connectivity index (χ1) is 13.8. The minimum atomic E-state index is 0.215. The molecule has 2 aliphatic rings. The Labute approximate surface area is 166 Å². The number of hydrogen-bond donors (Lipinski definition) is 0.